The minimum Gasteiger partial charge on any atom is -0.422 e. The summed E-state index contributed by atoms with van der Waals surface area (Å²) < 4.78 is 17.8. The van der Waals surface area contributed by atoms with E-state index in [2.05, 4.69) is 29.3 Å². The van der Waals surface area contributed by atoms with Gasteiger partial charge < -0.3 is 13.9 Å². The highest BCUT2D eigenvalue weighted by Crippen LogP contribution is 2.41. The van der Waals surface area contributed by atoms with Crippen LogP contribution < -0.4 is 0 Å². The number of aromatic nitrogens is 2. The van der Waals surface area contributed by atoms with Gasteiger partial charge >= 0.3 is 0 Å². The van der Waals surface area contributed by atoms with Crippen LogP contribution in [0, 0.1) is 5.92 Å². The summed E-state index contributed by atoms with van der Waals surface area (Å²) in [5.74, 6) is 2.12. The molecule has 0 radical (unpaired) electrons. The molecule has 1 aliphatic carbocycles. The maximum Gasteiger partial charge on any atom is 0.242 e. The Morgan fingerprint density at radius 3 is 2.84 bits per heavy atom. The van der Waals surface area contributed by atoms with Crippen LogP contribution in [0.2, 0.25) is 0 Å². The SMILES string of the molecule is C[C@H]1CCC[C@@H](OCc2nnc([C@H]3CCO[C@@H]3c3ccccc3)o2)C1. The molecule has 0 amide bonds. The molecule has 2 aromatic rings. The lowest BCUT2D eigenvalue weighted by atomic mass is 9.89. The van der Waals surface area contributed by atoms with Crippen molar-refractivity contribution < 1.29 is 13.9 Å². The molecule has 0 N–H and O–H groups in total. The molecule has 0 bridgehead atoms. The molecular formula is C20H26N2O3. The summed E-state index contributed by atoms with van der Waals surface area (Å²) in [5.41, 5.74) is 1.16. The topological polar surface area (TPSA) is 57.4 Å². The smallest absolute Gasteiger partial charge is 0.242 e. The highest BCUT2D eigenvalue weighted by molar-refractivity contribution is 5.21. The molecule has 5 heteroatoms. The van der Waals surface area contributed by atoms with Gasteiger partial charge in [0.25, 0.3) is 0 Å². The average molecular weight is 342 g/mol. The number of rotatable bonds is 5. The second-order valence-electron chi connectivity index (χ2n) is 7.34. The Morgan fingerprint density at radius 1 is 1.12 bits per heavy atom. The molecule has 4 atom stereocenters. The van der Waals surface area contributed by atoms with E-state index in [9.17, 15) is 0 Å². The summed E-state index contributed by atoms with van der Waals surface area (Å²) in [6.45, 7) is 3.43. The van der Waals surface area contributed by atoms with Crippen molar-refractivity contribution in [1.82, 2.24) is 10.2 Å². The molecule has 5 nitrogen and oxygen atoms in total. The second-order valence-corrected chi connectivity index (χ2v) is 7.34. The summed E-state index contributed by atoms with van der Waals surface area (Å²) in [4.78, 5) is 0. The van der Waals surface area contributed by atoms with Gasteiger partial charge in [-0.1, -0.05) is 50.1 Å². The third-order valence-corrected chi connectivity index (χ3v) is 5.35. The zero-order chi connectivity index (χ0) is 17.1. The summed E-state index contributed by atoms with van der Waals surface area (Å²) in [7, 11) is 0. The highest BCUT2D eigenvalue weighted by atomic mass is 16.5. The van der Waals surface area contributed by atoms with Gasteiger partial charge in [0, 0.05) is 6.61 Å². The molecular weight excluding hydrogens is 316 g/mol. The first kappa shape index (κ1) is 16.7. The third-order valence-electron chi connectivity index (χ3n) is 5.35. The molecule has 1 aromatic carbocycles. The van der Waals surface area contributed by atoms with Gasteiger partial charge in [-0.05, 0) is 30.7 Å². The van der Waals surface area contributed by atoms with Gasteiger partial charge in [-0.15, -0.1) is 10.2 Å². The largest absolute Gasteiger partial charge is 0.422 e. The van der Waals surface area contributed by atoms with Crippen molar-refractivity contribution in [3.8, 4) is 0 Å². The second kappa shape index (κ2) is 7.67. The van der Waals surface area contributed by atoms with Crippen LogP contribution in [0.25, 0.3) is 0 Å². The number of nitrogens with zero attached hydrogens (tertiary/aromatic N) is 2. The molecule has 0 spiro atoms. The van der Waals surface area contributed by atoms with Gasteiger partial charge in [0.1, 0.15) is 6.61 Å². The van der Waals surface area contributed by atoms with E-state index in [1.54, 1.807) is 0 Å². The van der Waals surface area contributed by atoms with Crippen molar-refractivity contribution >= 4 is 0 Å². The van der Waals surface area contributed by atoms with Gasteiger partial charge in [0.05, 0.1) is 18.1 Å². The zero-order valence-electron chi connectivity index (χ0n) is 14.8. The lowest BCUT2D eigenvalue weighted by Gasteiger charge is -2.26. The van der Waals surface area contributed by atoms with Gasteiger partial charge in [0.2, 0.25) is 11.8 Å². The molecule has 2 heterocycles. The molecule has 2 fully saturated rings. The lowest BCUT2D eigenvalue weighted by Crippen LogP contribution is -2.21. The number of hydrogen-bond donors (Lipinski definition) is 0. The highest BCUT2D eigenvalue weighted by Gasteiger charge is 2.35. The van der Waals surface area contributed by atoms with Crippen molar-refractivity contribution in [2.75, 3.05) is 6.61 Å². The van der Waals surface area contributed by atoms with Gasteiger partial charge in [-0.25, -0.2) is 0 Å². The van der Waals surface area contributed by atoms with Gasteiger partial charge in [0.15, 0.2) is 0 Å². The van der Waals surface area contributed by atoms with E-state index in [4.69, 9.17) is 13.9 Å². The molecule has 1 saturated carbocycles. The number of hydrogen-bond acceptors (Lipinski definition) is 5. The van der Waals surface area contributed by atoms with Crippen molar-refractivity contribution in [1.29, 1.82) is 0 Å². The summed E-state index contributed by atoms with van der Waals surface area (Å²) >= 11 is 0. The Bertz CT molecular complexity index is 673. The number of ether oxygens (including phenoxy) is 2. The van der Waals surface area contributed by atoms with E-state index in [1.165, 1.54) is 12.8 Å². The van der Waals surface area contributed by atoms with Crippen LogP contribution in [-0.2, 0) is 16.1 Å². The molecule has 134 valence electrons. The van der Waals surface area contributed by atoms with E-state index in [0.717, 1.165) is 37.4 Å². The fourth-order valence-electron chi connectivity index (χ4n) is 4.01. The average Bonchev–Trinajstić information content (AvgIpc) is 3.30. The van der Waals surface area contributed by atoms with Crippen molar-refractivity contribution in [2.45, 2.75) is 63.8 Å². The van der Waals surface area contributed by atoms with Crippen LogP contribution in [0.5, 0.6) is 0 Å². The van der Waals surface area contributed by atoms with E-state index in [1.807, 2.05) is 18.2 Å². The molecule has 0 unspecified atom stereocenters. The van der Waals surface area contributed by atoms with E-state index in [-0.39, 0.29) is 12.0 Å². The van der Waals surface area contributed by atoms with Crippen LogP contribution >= 0.6 is 0 Å². The molecule has 1 saturated heterocycles. The Balaban J connectivity index is 1.39. The first-order valence-corrected chi connectivity index (χ1v) is 9.40. The number of benzene rings is 1. The Hall–Kier alpha value is -1.72. The third kappa shape index (κ3) is 3.93. The van der Waals surface area contributed by atoms with Crippen molar-refractivity contribution in [3.63, 3.8) is 0 Å². The van der Waals surface area contributed by atoms with Gasteiger partial charge in [-0.2, -0.15) is 0 Å². The van der Waals surface area contributed by atoms with Gasteiger partial charge in [-0.3, -0.25) is 0 Å². The maximum atomic E-state index is 6.00. The van der Waals surface area contributed by atoms with E-state index < -0.39 is 0 Å². The minimum absolute atomic E-state index is 0.00499. The Morgan fingerprint density at radius 2 is 2.00 bits per heavy atom. The van der Waals surface area contributed by atoms with Crippen LogP contribution in [0.15, 0.2) is 34.7 Å². The van der Waals surface area contributed by atoms with E-state index >= 15 is 0 Å². The molecule has 1 aromatic heterocycles. The molecule has 25 heavy (non-hydrogen) atoms. The summed E-state index contributed by atoms with van der Waals surface area (Å²) in [5, 5.41) is 8.47. The van der Waals surface area contributed by atoms with Crippen LogP contribution in [0.1, 0.15) is 68.4 Å². The fraction of sp³-hybridized carbons (Fsp3) is 0.600. The van der Waals surface area contributed by atoms with E-state index in [0.29, 0.717) is 24.5 Å². The zero-order valence-corrected chi connectivity index (χ0v) is 14.8. The van der Waals surface area contributed by atoms with Crippen LogP contribution in [-0.4, -0.2) is 22.9 Å². The van der Waals surface area contributed by atoms with Crippen LogP contribution in [0.4, 0.5) is 0 Å². The molecule has 1 aliphatic heterocycles. The van der Waals surface area contributed by atoms with Crippen molar-refractivity contribution in [3.05, 3.63) is 47.7 Å². The summed E-state index contributed by atoms with van der Waals surface area (Å²) in [6, 6.07) is 10.3. The fourth-order valence-corrected chi connectivity index (χ4v) is 4.01. The maximum absolute atomic E-state index is 6.00. The summed E-state index contributed by atoms with van der Waals surface area (Å²) in [6.07, 6.45) is 6.06. The predicted molar refractivity (Wildman–Crippen MR) is 93.0 cm³/mol. The Labute approximate surface area is 148 Å². The Kier molecular flexibility index (Phi) is 5.13. The molecule has 4 rings (SSSR count). The normalized spacial score (nSPS) is 29.8. The van der Waals surface area contributed by atoms with Crippen LogP contribution in [0.3, 0.4) is 0 Å². The first-order valence-electron chi connectivity index (χ1n) is 9.40. The lowest BCUT2D eigenvalue weighted by molar-refractivity contribution is -0.00522. The van der Waals surface area contributed by atoms with Crippen molar-refractivity contribution in [2.24, 2.45) is 5.92 Å². The predicted octanol–water partition coefficient (Wildman–Crippen LogP) is 4.41. The standard InChI is InChI=1S/C20H26N2O3/c1-14-6-5-9-16(12-14)24-13-18-21-22-20(25-18)17-10-11-23-19(17)15-7-3-2-4-8-15/h2-4,7-8,14,16-17,19H,5-6,9-13H2,1H3/t14-,16+,17-,19+/m0/s1. The quantitative estimate of drug-likeness (QED) is 0.805. The molecule has 2 aliphatic rings. The monoisotopic (exact) mass is 342 g/mol. The minimum atomic E-state index is -0.00499. The first-order chi connectivity index (χ1) is 12.3.